The first-order valence-electron chi connectivity index (χ1n) is 8.94. The van der Waals surface area contributed by atoms with Gasteiger partial charge in [-0.05, 0) is 49.7 Å². The fourth-order valence-electron chi connectivity index (χ4n) is 4.32. The molecule has 3 N–H and O–H groups in total. The zero-order valence-corrected chi connectivity index (χ0v) is 16.6. The first kappa shape index (κ1) is 21.2. The van der Waals surface area contributed by atoms with E-state index in [2.05, 4.69) is 5.32 Å². The molecule has 2 aliphatic carbocycles. The summed E-state index contributed by atoms with van der Waals surface area (Å²) in [7, 11) is -2.21. The number of amides is 1. The van der Waals surface area contributed by atoms with Crippen molar-refractivity contribution >= 4 is 28.3 Å². The van der Waals surface area contributed by atoms with Gasteiger partial charge in [-0.25, -0.2) is 8.42 Å². The highest BCUT2D eigenvalue weighted by molar-refractivity contribution is 7.89. The Labute approximate surface area is 162 Å². The number of nitrogens with one attached hydrogen (secondary N) is 1. The summed E-state index contributed by atoms with van der Waals surface area (Å²) < 4.78 is 26.2. The average molecular weight is 402 g/mol. The van der Waals surface area contributed by atoms with E-state index in [9.17, 15) is 13.2 Å². The summed E-state index contributed by atoms with van der Waals surface area (Å²) in [6, 6.07) is 8.55. The molecule has 0 heterocycles. The molecule has 2 aliphatic rings. The minimum Gasteiger partial charge on any atom is -0.352 e. The monoisotopic (exact) mass is 401 g/mol. The Hall–Kier alpha value is -1.15. The molecule has 146 valence electrons. The van der Waals surface area contributed by atoms with Gasteiger partial charge in [-0.2, -0.15) is 4.31 Å². The van der Waals surface area contributed by atoms with Crippen LogP contribution in [0.5, 0.6) is 0 Å². The Balaban J connectivity index is 0.00000243. The van der Waals surface area contributed by atoms with Crippen LogP contribution in [0.3, 0.4) is 0 Å². The molecule has 0 aliphatic heterocycles. The van der Waals surface area contributed by atoms with Crippen molar-refractivity contribution in [2.24, 2.45) is 17.6 Å². The lowest BCUT2D eigenvalue weighted by Crippen LogP contribution is -2.55. The predicted molar refractivity (Wildman–Crippen MR) is 103 cm³/mol. The van der Waals surface area contributed by atoms with E-state index in [1.54, 1.807) is 18.2 Å². The highest BCUT2D eigenvalue weighted by Crippen LogP contribution is 2.39. The first-order chi connectivity index (χ1) is 11.9. The maximum absolute atomic E-state index is 12.5. The van der Waals surface area contributed by atoms with Crippen molar-refractivity contribution in [2.45, 2.75) is 49.1 Å². The van der Waals surface area contributed by atoms with Gasteiger partial charge in [0.1, 0.15) is 0 Å². The van der Waals surface area contributed by atoms with Gasteiger partial charge in [0, 0.05) is 19.1 Å². The summed E-state index contributed by atoms with van der Waals surface area (Å²) in [5, 5.41) is 3.10. The molecule has 2 fully saturated rings. The third-order valence-electron chi connectivity index (χ3n) is 5.52. The minimum atomic E-state index is -3.65. The van der Waals surface area contributed by atoms with Crippen LogP contribution in [-0.2, 0) is 14.8 Å². The van der Waals surface area contributed by atoms with Crippen LogP contribution in [0.2, 0.25) is 0 Å². The highest BCUT2D eigenvalue weighted by atomic mass is 35.5. The summed E-state index contributed by atoms with van der Waals surface area (Å²) >= 11 is 0. The molecule has 1 aromatic carbocycles. The second-order valence-corrected chi connectivity index (χ2v) is 9.39. The van der Waals surface area contributed by atoms with Gasteiger partial charge < -0.3 is 11.1 Å². The zero-order chi connectivity index (χ0) is 18.0. The molecular formula is C18H28ClN3O3S. The molecule has 8 heteroatoms. The number of halogens is 1. The Kier molecular flexibility index (Phi) is 7.07. The van der Waals surface area contributed by atoms with E-state index < -0.39 is 10.0 Å². The second kappa shape index (κ2) is 8.69. The molecule has 0 aromatic heterocycles. The molecule has 2 saturated carbocycles. The Morgan fingerprint density at radius 2 is 1.77 bits per heavy atom. The lowest BCUT2D eigenvalue weighted by Gasteiger charge is -2.45. The Bertz CT molecular complexity index is 700. The maximum atomic E-state index is 12.5. The van der Waals surface area contributed by atoms with Crippen molar-refractivity contribution in [2.75, 3.05) is 13.6 Å². The third-order valence-corrected chi connectivity index (χ3v) is 7.34. The quantitative estimate of drug-likeness (QED) is 0.786. The molecule has 2 atom stereocenters. The number of carbonyl (C=O) groups is 1. The molecular weight excluding hydrogens is 374 g/mol. The standard InChI is InChI=1S/C18H27N3O3S.ClH/c1-21(25(23,24)16-8-3-2-4-9-16)12-17(22)20-18-13-6-5-7-14(18)11-15(19)10-13;/h2-4,8-9,13-15,18H,5-7,10-12,19H2,1H3,(H,20,22);1H. The largest absolute Gasteiger partial charge is 0.352 e. The highest BCUT2D eigenvalue weighted by Gasteiger charge is 2.40. The van der Waals surface area contributed by atoms with Crippen molar-refractivity contribution in [1.29, 1.82) is 0 Å². The number of nitrogens with two attached hydrogens (primary N) is 1. The lowest BCUT2D eigenvalue weighted by molar-refractivity contribution is -0.123. The maximum Gasteiger partial charge on any atom is 0.243 e. The van der Waals surface area contributed by atoms with Crippen molar-refractivity contribution in [3.63, 3.8) is 0 Å². The normalized spacial score (nSPS) is 28.3. The molecule has 26 heavy (non-hydrogen) atoms. The number of hydrogen-bond donors (Lipinski definition) is 2. The number of sulfonamides is 1. The van der Waals surface area contributed by atoms with Crippen LogP contribution in [0, 0.1) is 11.8 Å². The zero-order valence-electron chi connectivity index (χ0n) is 15.0. The van der Waals surface area contributed by atoms with E-state index in [4.69, 9.17) is 5.73 Å². The van der Waals surface area contributed by atoms with Crippen LogP contribution in [0.1, 0.15) is 32.1 Å². The van der Waals surface area contributed by atoms with E-state index in [-0.39, 0.29) is 41.8 Å². The van der Waals surface area contributed by atoms with Crippen LogP contribution in [0.4, 0.5) is 0 Å². The summed E-state index contributed by atoms with van der Waals surface area (Å²) in [4.78, 5) is 12.7. The van der Waals surface area contributed by atoms with Crippen molar-refractivity contribution < 1.29 is 13.2 Å². The summed E-state index contributed by atoms with van der Waals surface area (Å²) in [6.07, 6.45) is 5.26. The minimum absolute atomic E-state index is 0. The number of nitrogens with zero attached hydrogens (tertiary/aromatic N) is 1. The molecule has 1 amide bonds. The summed E-state index contributed by atoms with van der Waals surface area (Å²) in [6.45, 7) is -0.167. The number of carbonyl (C=O) groups excluding carboxylic acids is 1. The Morgan fingerprint density at radius 3 is 2.35 bits per heavy atom. The number of hydrogen-bond acceptors (Lipinski definition) is 4. The molecule has 6 nitrogen and oxygen atoms in total. The van der Waals surface area contributed by atoms with Crippen molar-refractivity contribution in [3.05, 3.63) is 30.3 Å². The van der Waals surface area contributed by atoms with E-state index in [1.807, 2.05) is 0 Å². The smallest absolute Gasteiger partial charge is 0.243 e. The van der Waals surface area contributed by atoms with E-state index in [0.29, 0.717) is 11.8 Å². The van der Waals surface area contributed by atoms with Crippen LogP contribution >= 0.6 is 12.4 Å². The fraction of sp³-hybridized carbons (Fsp3) is 0.611. The van der Waals surface area contributed by atoms with Gasteiger partial charge in [0.15, 0.2) is 0 Å². The van der Waals surface area contributed by atoms with Crippen LogP contribution < -0.4 is 11.1 Å². The Morgan fingerprint density at radius 1 is 1.19 bits per heavy atom. The number of benzene rings is 1. The SMILES string of the molecule is CN(CC(=O)NC1C2CCCC1CC(N)C2)S(=O)(=O)c1ccccc1.Cl. The second-order valence-electron chi connectivity index (χ2n) is 7.35. The van der Waals surface area contributed by atoms with E-state index >= 15 is 0 Å². The summed E-state index contributed by atoms with van der Waals surface area (Å²) in [5.74, 6) is 0.601. The van der Waals surface area contributed by atoms with Gasteiger partial charge in [-0.3, -0.25) is 4.79 Å². The van der Waals surface area contributed by atoms with Crippen molar-refractivity contribution in [3.8, 4) is 0 Å². The number of fused-ring (bicyclic) bond motifs is 2. The van der Waals surface area contributed by atoms with Gasteiger partial charge >= 0.3 is 0 Å². The van der Waals surface area contributed by atoms with Gasteiger partial charge in [-0.1, -0.05) is 24.6 Å². The third kappa shape index (κ3) is 4.57. The predicted octanol–water partition coefficient (Wildman–Crippen LogP) is 1.75. The van der Waals surface area contributed by atoms with E-state index in [1.165, 1.54) is 25.6 Å². The van der Waals surface area contributed by atoms with Gasteiger partial charge in [-0.15, -0.1) is 12.4 Å². The molecule has 3 rings (SSSR count). The fourth-order valence-corrected chi connectivity index (χ4v) is 5.46. The van der Waals surface area contributed by atoms with Crippen LogP contribution in [0.25, 0.3) is 0 Å². The first-order valence-corrected chi connectivity index (χ1v) is 10.4. The molecule has 0 spiro atoms. The van der Waals surface area contributed by atoms with Crippen molar-refractivity contribution in [1.82, 2.24) is 9.62 Å². The van der Waals surface area contributed by atoms with Gasteiger partial charge in [0.25, 0.3) is 0 Å². The van der Waals surface area contributed by atoms with Crippen LogP contribution in [-0.4, -0.2) is 44.3 Å². The molecule has 1 aromatic rings. The molecule has 2 unspecified atom stereocenters. The molecule has 0 radical (unpaired) electrons. The number of rotatable bonds is 5. The van der Waals surface area contributed by atoms with Gasteiger partial charge in [0.05, 0.1) is 11.4 Å². The van der Waals surface area contributed by atoms with E-state index in [0.717, 1.165) is 30.0 Å². The molecule has 0 saturated heterocycles. The molecule has 2 bridgehead atoms. The van der Waals surface area contributed by atoms with Crippen LogP contribution in [0.15, 0.2) is 35.2 Å². The summed E-state index contributed by atoms with van der Waals surface area (Å²) in [5.41, 5.74) is 6.12. The van der Waals surface area contributed by atoms with Gasteiger partial charge in [0.2, 0.25) is 15.9 Å². The lowest BCUT2D eigenvalue weighted by atomic mass is 9.67. The average Bonchev–Trinajstić information content (AvgIpc) is 2.56. The topological polar surface area (TPSA) is 92.5 Å². The number of likely N-dealkylation sites (N-methyl/N-ethyl adjacent to an activating group) is 1.